The number of unbranched alkanes of at least 4 members (excludes halogenated alkanes) is 22. The number of hydrogen-bond donors (Lipinski definition) is 0. The summed E-state index contributed by atoms with van der Waals surface area (Å²) in [6, 6.07) is 0. The van der Waals surface area contributed by atoms with Gasteiger partial charge in [-0.05, 0) is 25.2 Å². The summed E-state index contributed by atoms with van der Waals surface area (Å²) in [6.45, 7) is 8.86. The molecule has 0 aromatic heterocycles. The van der Waals surface area contributed by atoms with E-state index in [4.69, 9.17) is 14.2 Å². The van der Waals surface area contributed by atoms with Gasteiger partial charge in [-0.25, -0.2) is 0 Å². The fraction of sp³-hybridized carbons (Fsp3) is 0.927. The van der Waals surface area contributed by atoms with Gasteiger partial charge in [0.1, 0.15) is 13.2 Å². The van der Waals surface area contributed by atoms with Crippen molar-refractivity contribution < 1.29 is 28.6 Å². The third kappa shape index (κ3) is 34.1. The van der Waals surface area contributed by atoms with Gasteiger partial charge >= 0.3 is 17.9 Å². The quantitative estimate of drug-likeness (QED) is 0.0376. The number of ether oxygens (including phenoxy) is 3. The van der Waals surface area contributed by atoms with Crippen molar-refractivity contribution in [3.63, 3.8) is 0 Å². The van der Waals surface area contributed by atoms with Crippen LogP contribution in [0.2, 0.25) is 0 Å². The molecule has 0 fully saturated rings. The average molecular weight is 667 g/mol. The fourth-order valence-corrected chi connectivity index (χ4v) is 5.89. The summed E-state index contributed by atoms with van der Waals surface area (Å²) in [7, 11) is 0. The highest BCUT2D eigenvalue weighted by atomic mass is 16.6. The van der Waals surface area contributed by atoms with E-state index in [9.17, 15) is 14.4 Å². The van der Waals surface area contributed by atoms with E-state index in [2.05, 4.69) is 27.7 Å². The number of carbonyl (C=O) groups excluding carboxylic acids is 3. The van der Waals surface area contributed by atoms with E-state index < -0.39 is 6.10 Å². The van der Waals surface area contributed by atoms with E-state index in [1.165, 1.54) is 109 Å². The van der Waals surface area contributed by atoms with Gasteiger partial charge in [0.05, 0.1) is 0 Å². The zero-order chi connectivity index (χ0) is 34.6. The van der Waals surface area contributed by atoms with Gasteiger partial charge in [0.2, 0.25) is 0 Å². The van der Waals surface area contributed by atoms with Crippen molar-refractivity contribution in [2.24, 2.45) is 5.92 Å². The van der Waals surface area contributed by atoms with Gasteiger partial charge in [-0.15, -0.1) is 0 Å². The first-order valence-corrected chi connectivity index (χ1v) is 20.4. The van der Waals surface area contributed by atoms with Crippen LogP contribution < -0.4 is 0 Å². The topological polar surface area (TPSA) is 78.9 Å². The minimum atomic E-state index is -0.757. The lowest BCUT2D eigenvalue weighted by Gasteiger charge is -2.18. The maximum absolute atomic E-state index is 12.5. The molecule has 47 heavy (non-hydrogen) atoms. The van der Waals surface area contributed by atoms with Crippen molar-refractivity contribution in [1.29, 1.82) is 0 Å². The zero-order valence-corrected chi connectivity index (χ0v) is 31.7. The molecule has 0 rings (SSSR count). The van der Waals surface area contributed by atoms with E-state index in [1.54, 1.807) is 0 Å². The minimum Gasteiger partial charge on any atom is -0.462 e. The Morgan fingerprint density at radius 2 is 0.745 bits per heavy atom. The van der Waals surface area contributed by atoms with E-state index in [0.717, 1.165) is 70.1 Å². The number of esters is 3. The first-order chi connectivity index (χ1) is 22.9. The van der Waals surface area contributed by atoms with E-state index in [0.29, 0.717) is 19.3 Å². The Kier molecular flexibility index (Phi) is 34.5. The van der Waals surface area contributed by atoms with Crippen LogP contribution in [0.1, 0.15) is 220 Å². The normalized spacial score (nSPS) is 12.5. The smallest absolute Gasteiger partial charge is 0.306 e. The highest BCUT2D eigenvalue weighted by Gasteiger charge is 2.19. The first kappa shape index (κ1) is 45.4. The molecule has 6 nitrogen and oxygen atoms in total. The molecule has 0 N–H and O–H groups in total. The minimum absolute atomic E-state index is 0.0665. The lowest BCUT2D eigenvalue weighted by Crippen LogP contribution is -2.30. The molecule has 0 spiro atoms. The van der Waals surface area contributed by atoms with Gasteiger partial charge in [0.25, 0.3) is 0 Å². The van der Waals surface area contributed by atoms with Gasteiger partial charge < -0.3 is 14.2 Å². The standard InChI is InChI=1S/C41H78O6/c1-5-8-10-12-13-14-15-16-17-18-19-20-25-28-32-39(42)45-35-38(47-41(44)34-30-23-11-9-6-2)36-46-40(43)33-29-26-22-21-24-27-31-37(4)7-3/h37-38H,5-36H2,1-4H3/t37?,38-/m0/s1. The summed E-state index contributed by atoms with van der Waals surface area (Å²) in [6.07, 6.45) is 32.6. The molecule has 0 aliphatic carbocycles. The molecular weight excluding hydrogens is 588 g/mol. The third-order valence-corrected chi connectivity index (χ3v) is 9.40. The Hall–Kier alpha value is -1.59. The van der Waals surface area contributed by atoms with Crippen LogP contribution in [-0.4, -0.2) is 37.2 Å². The molecular formula is C41H78O6. The predicted octanol–water partition coefficient (Wildman–Crippen LogP) is 12.4. The molecule has 0 aliphatic rings. The molecule has 6 heteroatoms. The molecule has 0 aromatic carbocycles. The van der Waals surface area contributed by atoms with Crippen LogP contribution in [0.4, 0.5) is 0 Å². The molecule has 278 valence electrons. The summed E-state index contributed by atoms with van der Waals surface area (Å²) in [5, 5.41) is 0. The number of hydrogen-bond acceptors (Lipinski definition) is 6. The summed E-state index contributed by atoms with van der Waals surface area (Å²) in [4.78, 5) is 37.2. The van der Waals surface area contributed by atoms with E-state index in [-0.39, 0.29) is 31.1 Å². The van der Waals surface area contributed by atoms with Gasteiger partial charge in [-0.1, -0.05) is 182 Å². The predicted molar refractivity (Wildman–Crippen MR) is 196 cm³/mol. The highest BCUT2D eigenvalue weighted by molar-refractivity contribution is 5.71. The zero-order valence-electron chi connectivity index (χ0n) is 31.7. The molecule has 0 saturated carbocycles. The molecule has 0 aromatic rings. The largest absolute Gasteiger partial charge is 0.462 e. The molecule has 0 amide bonds. The lowest BCUT2D eigenvalue weighted by atomic mass is 10.00. The molecule has 1 unspecified atom stereocenters. The van der Waals surface area contributed by atoms with Gasteiger partial charge in [-0.2, -0.15) is 0 Å². The maximum Gasteiger partial charge on any atom is 0.306 e. The van der Waals surface area contributed by atoms with Crippen LogP contribution in [-0.2, 0) is 28.6 Å². The Labute approximate surface area is 291 Å². The molecule has 0 saturated heterocycles. The van der Waals surface area contributed by atoms with Crippen molar-refractivity contribution >= 4 is 17.9 Å². The van der Waals surface area contributed by atoms with Gasteiger partial charge in [0.15, 0.2) is 6.10 Å². The van der Waals surface area contributed by atoms with Crippen molar-refractivity contribution in [2.45, 2.75) is 226 Å². The Morgan fingerprint density at radius 1 is 0.426 bits per heavy atom. The lowest BCUT2D eigenvalue weighted by molar-refractivity contribution is -0.167. The summed E-state index contributed by atoms with van der Waals surface area (Å²) < 4.78 is 16.5. The Morgan fingerprint density at radius 3 is 1.11 bits per heavy atom. The third-order valence-electron chi connectivity index (χ3n) is 9.40. The number of rotatable bonds is 36. The van der Waals surface area contributed by atoms with E-state index in [1.807, 2.05) is 0 Å². The molecule has 2 atom stereocenters. The fourth-order valence-electron chi connectivity index (χ4n) is 5.89. The van der Waals surface area contributed by atoms with Crippen LogP contribution in [0.5, 0.6) is 0 Å². The van der Waals surface area contributed by atoms with Crippen LogP contribution in [0.15, 0.2) is 0 Å². The van der Waals surface area contributed by atoms with Gasteiger partial charge in [-0.3, -0.25) is 14.4 Å². The van der Waals surface area contributed by atoms with E-state index >= 15 is 0 Å². The second kappa shape index (κ2) is 35.7. The van der Waals surface area contributed by atoms with Crippen molar-refractivity contribution in [3.05, 3.63) is 0 Å². The first-order valence-electron chi connectivity index (χ1n) is 20.4. The monoisotopic (exact) mass is 667 g/mol. The second-order valence-electron chi connectivity index (χ2n) is 14.2. The molecule has 0 radical (unpaired) electrons. The average Bonchev–Trinajstić information content (AvgIpc) is 3.06. The molecule has 0 heterocycles. The summed E-state index contributed by atoms with van der Waals surface area (Å²) >= 11 is 0. The van der Waals surface area contributed by atoms with Gasteiger partial charge in [0, 0.05) is 19.3 Å². The second-order valence-corrected chi connectivity index (χ2v) is 14.2. The van der Waals surface area contributed by atoms with Crippen LogP contribution in [0, 0.1) is 5.92 Å². The van der Waals surface area contributed by atoms with Crippen molar-refractivity contribution in [3.8, 4) is 0 Å². The van der Waals surface area contributed by atoms with Crippen molar-refractivity contribution in [2.75, 3.05) is 13.2 Å². The maximum atomic E-state index is 12.5. The Balaban J connectivity index is 4.19. The molecule has 0 bridgehead atoms. The summed E-state index contributed by atoms with van der Waals surface area (Å²) in [5.74, 6) is -0.0637. The Bertz CT molecular complexity index is 708. The van der Waals surface area contributed by atoms with Crippen LogP contribution >= 0.6 is 0 Å². The number of carbonyl (C=O) groups is 3. The van der Waals surface area contributed by atoms with Crippen LogP contribution in [0.3, 0.4) is 0 Å². The summed E-state index contributed by atoms with van der Waals surface area (Å²) in [5.41, 5.74) is 0. The van der Waals surface area contributed by atoms with Crippen LogP contribution in [0.25, 0.3) is 0 Å². The molecule has 0 aliphatic heterocycles. The van der Waals surface area contributed by atoms with Crippen molar-refractivity contribution in [1.82, 2.24) is 0 Å². The SMILES string of the molecule is CCCCCCCCCCCCCCCCC(=O)OC[C@@H](COC(=O)CCCCCCCCC(C)CC)OC(=O)CCCCCCC. The highest BCUT2D eigenvalue weighted by Crippen LogP contribution is 2.16.